The third kappa shape index (κ3) is 4.45. The van der Waals surface area contributed by atoms with Gasteiger partial charge in [0.2, 0.25) is 0 Å². The predicted octanol–water partition coefficient (Wildman–Crippen LogP) is 0.745. The first-order chi connectivity index (χ1) is 16.7. The Bertz CT molecular complexity index is 997. The molecule has 2 aromatic rings. The van der Waals surface area contributed by atoms with Gasteiger partial charge in [0.1, 0.15) is 5.75 Å². The van der Waals surface area contributed by atoms with Gasteiger partial charge < -0.3 is 25.5 Å². The Balaban J connectivity index is 1.08. The molecule has 2 atom stereocenters. The second-order valence-electron chi connectivity index (χ2n) is 10.0. The zero-order valence-electron chi connectivity index (χ0n) is 19.9. The summed E-state index contributed by atoms with van der Waals surface area (Å²) >= 11 is 0. The van der Waals surface area contributed by atoms with Gasteiger partial charge in [0, 0.05) is 83.6 Å². The lowest BCUT2D eigenvalue weighted by molar-refractivity contribution is 0.154. The number of para-hydroxylation sites is 1. The number of fused-ring (bicyclic) bond motifs is 3. The van der Waals surface area contributed by atoms with Crippen LogP contribution in [0.25, 0.3) is 11.3 Å². The molecule has 5 heterocycles. The number of phenolic OH excluding ortho intramolecular Hbond substituents is 1. The predicted molar refractivity (Wildman–Crippen MR) is 134 cm³/mol. The molecule has 6 rings (SSSR count). The number of nitrogens with one attached hydrogen (secondary N) is 2. The molecule has 4 aliphatic heterocycles. The zero-order valence-corrected chi connectivity index (χ0v) is 19.9. The quantitative estimate of drug-likeness (QED) is 0.594. The van der Waals surface area contributed by atoms with Gasteiger partial charge in [-0.05, 0) is 31.2 Å². The summed E-state index contributed by atoms with van der Waals surface area (Å²) in [4.78, 5) is 10.5. The monoisotopic (exact) mass is 464 g/mol. The van der Waals surface area contributed by atoms with Gasteiger partial charge in [-0.3, -0.25) is 9.80 Å². The van der Waals surface area contributed by atoms with Crippen LogP contribution >= 0.6 is 0 Å². The Labute approximate surface area is 201 Å². The number of anilines is 2. The van der Waals surface area contributed by atoms with Crippen LogP contribution in [0.2, 0.25) is 0 Å². The van der Waals surface area contributed by atoms with Gasteiger partial charge in [0.15, 0.2) is 5.82 Å². The first-order valence-electron chi connectivity index (χ1n) is 12.8. The van der Waals surface area contributed by atoms with E-state index in [9.17, 15) is 5.11 Å². The van der Waals surface area contributed by atoms with E-state index < -0.39 is 0 Å². The van der Waals surface area contributed by atoms with E-state index in [-0.39, 0.29) is 5.75 Å². The lowest BCUT2D eigenvalue weighted by Crippen LogP contribution is -2.60. The van der Waals surface area contributed by atoms with Crippen molar-refractivity contribution < 1.29 is 5.11 Å². The maximum Gasteiger partial charge on any atom is 0.172 e. The highest BCUT2D eigenvalue weighted by atomic mass is 16.3. The summed E-state index contributed by atoms with van der Waals surface area (Å²) in [5, 5.41) is 26.1. The minimum atomic E-state index is 0.240. The largest absolute Gasteiger partial charge is 0.507 e. The summed E-state index contributed by atoms with van der Waals surface area (Å²) in [6.07, 6.45) is 1.28. The molecule has 1 aromatic heterocycles. The van der Waals surface area contributed by atoms with E-state index in [1.807, 2.05) is 18.2 Å². The smallest absolute Gasteiger partial charge is 0.172 e. The Morgan fingerprint density at radius 1 is 0.912 bits per heavy atom. The molecule has 0 spiro atoms. The van der Waals surface area contributed by atoms with Crippen molar-refractivity contribution >= 4 is 11.5 Å². The summed E-state index contributed by atoms with van der Waals surface area (Å²) in [6, 6.07) is 10.5. The highest BCUT2D eigenvalue weighted by molar-refractivity contribution is 5.76. The van der Waals surface area contributed by atoms with Crippen LogP contribution in [0, 0.1) is 0 Å². The van der Waals surface area contributed by atoms with Crippen molar-refractivity contribution in [2.75, 3.05) is 88.8 Å². The van der Waals surface area contributed by atoms with E-state index in [0.717, 1.165) is 62.0 Å². The molecular weight excluding hydrogens is 428 g/mol. The van der Waals surface area contributed by atoms with Gasteiger partial charge in [-0.25, -0.2) is 0 Å². The summed E-state index contributed by atoms with van der Waals surface area (Å²) in [5.41, 5.74) is 2.55. The number of phenols is 1. The SMILES string of the molecule is Oc1ccccc1-c1cc2c(nn1)NC[C@H]1CN(C3CCN(CCN4CCNCC4)C3)CCN21. The van der Waals surface area contributed by atoms with Crippen LogP contribution in [-0.4, -0.2) is 121 Å². The molecule has 0 amide bonds. The van der Waals surface area contributed by atoms with E-state index in [1.165, 1.54) is 45.7 Å². The fourth-order valence-electron chi connectivity index (χ4n) is 6.00. The molecule has 4 aliphatic rings. The Morgan fingerprint density at radius 2 is 1.76 bits per heavy atom. The van der Waals surface area contributed by atoms with E-state index in [1.54, 1.807) is 6.07 Å². The highest BCUT2D eigenvalue weighted by Crippen LogP contribution is 2.36. The summed E-state index contributed by atoms with van der Waals surface area (Å²) in [5.74, 6) is 1.09. The number of aromatic hydroxyl groups is 1. The fraction of sp³-hybridized carbons (Fsp3) is 0.600. The highest BCUT2D eigenvalue weighted by Gasteiger charge is 2.37. The van der Waals surface area contributed by atoms with Gasteiger partial charge in [0.05, 0.1) is 17.4 Å². The van der Waals surface area contributed by atoms with E-state index in [2.05, 4.69) is 46.5 Å². The molecule has 0 saturated carbocycles. The van der Waals surface area contributed by atoms with Crippen LogP contribution in [0.3, 0.4) is 0 Å². The summed E-state index contributed by atoms with van der Waals surface area (Å²) in [6.45, 7) is 13.5. The lowest BCUT2D eigenvalue weighted by Gasteiger charge is -2.47. The number of likely N-dealkylation sites (tertiary alicyclic amines) is 1. The van der Waals surface area contributed by atoms with Crippen molar-refractivity contribution in [2.45, 2.75) is 18.5 Å². The second-order valence-corrected chi connectivity index (χ2v) is 10.0. The minimum absolute atomic E-state index is 0.240. The standard InChI is InChI=1S/C25H36N8O/c34-24-4-2-1-3-21(24)22-15-23-25(29-28-22)27-16-20-18-32(13-14-33(20)23)19-5-8-31(17-19)12-11-30-9-6-26-7-10-30/h1-4,15,19-20,26,34H,5-14,16-18H2,(H,27,29)/t19?,20-/m0/s1. The average Bonchev–Trinajstić information content (AvgIpc) is 3.37. The van der Waals surface area contributed by atoms with Crippen molar-refractivity contribution in [1.82, 2.24) is 30.2 Å². The minimum Gasteiger partial charge on any atom is -0.507 e. The summed E-state index contributed by atoms with van der Waals surface area (Å²) in [7, 11) is 0. The van der Waals surface area contributed by atoms with Crippen LogP contribution in [0.4, 0.5) is 11.5 Å². The van der Waals surface area contributed by atoms with Crippen LogP contribution in [-0.2, 0) is 0 Å². The van der Waals surface area contributed by atoms with Gasteiger partial charge in [-0.15, -0.1) is 10.2 Å². The molecule has 3 fully saturated rings. The molecule has 0 aliphatic carbocycles. The number of nitrogens with zero attached hydrogens (tertiary/aromatic N) is 6. The van der Waals surface area contributed by atoms with Gasteiger partial charge >= 0.3 is 0 Å². The molecule has 0 radical (unpaired) electrons. The normalized spacial score (nSPS) is 26.2. The van der Waals surface area contributed by atoms with Crippen LogP contribution in [0.15, 0.2) is 30.3 Å². The number of rotatable bonds is 5. The molecule has 9 nitrogen and oxygen atoms in total. The second kappa shape index (κ2) is 9.65. The lowest BCUT2D eigenvalue weighted by atomic mass is 10.0. The van der Waals surface area contributed by atoms with Crippen LogP contribution in [0.5, 0.6) is 5.75 Å². The van der Waals surface area contributed by atoms with Crippen molar-refractivity contribution in [3.8, 4) is 17.0 Å². The van der Waals surface area contributed by atoms with E-state index in [0.29, 0.717) is 12.1 Å². The maximum absolute atomic E-state index is 10.3. The molecule has 3 N–H and O–H groups in total. The Hall–Kier alpha value is -2.46. The summed E-state index contributed by atoms with van der Waals surface area (Å²) < 4.78 is 0. The number of hydrogen-bond donors (Lipinski definition) is 3. The molecule has 3 saturated heterocycles. The molecule has 1 aromatic carbocycles. The van der Waals surface area contributed by atoms with Crippen LogP contribution < -0.4 is 15.5 Å². The Kier molecular flexibility index (Phi) is 6.26. The van der Waals surface area contributed by atoms with Crippen molar-refractivity contribution in [3.63, 3.8) is 0 Å². The molecule has 34 heavy (non-hydrogen) atoms. The third-order valence-corrected chi connectivity index (χ3v) is 7.99. The van der Waals surface area contributed by atoms with Gasteiger partial charge in [-0.2, -0.15) is 0 Å². The number of benzene rings is 1. The van der Waals surface area contributed by atoms with Gasteiger partial charge in [0.25, 0.3) is 0 Å². The zero-order chi connectivity index (χ0) is 22.9. The van der Waals surface area contributed by atoms with Crippen LogP contribution in [0.1, 0.15) is 6.42 Å². The number of aromatic nitrogens is 2. The van der Waals surface area contributed by atoms with Crippen molar-refractivity contribution in [2.24, 2.45) is 0 Å². The fourth-order valence-corrected chi connectivity index (χ4v) is 6.00. The van der Waals surface area contributed by atoms with Crippen molar-refractivity contribution in [1.29, 1.82) is 0 Å². The van der Waals surface area contributed by atoms with Crippen molar-refractivity contribution in [3.05, 3.63) is 30.3 Å². The van der Waals surface area contributed by atoms with Gasteiger partial charge in [-0.1, -0.05) is 12.1 Å². The topological polar surface area (TPSA) is 83.0 Å². The number of piperazine rings is 2. The average molecular weight is 465 g/mol. The number of hydrogen-bond acceptors (Lipinski definition) is 9. The van der Waals surface area contributed by atoms with E-state index in [4.69, 9.17) is 0 Å². The third-order valence-electron chi connectivity index (χ3n) is 7.99. The molecule has 9 heteroatoms. The molecule has 1 unspecified atom stereocenters. The maximum atomic E-state index is 10.3. The first-order valence-corrected chi connectivity index (χ1v) is 12.8. The van der Waals surface area contributed by atoms with E-state index >= 15 is 0 Å². The molecular formula is C25H36N8O. The first kappa shape index (κ1) is 22.0. The molecule has 0 bridgehead atoms. The molecule has 182 valence electrons. The Morgan fingerprint density at radius 3 is 2.65 bits per heavy atom.